The Morgan fingerprint density at radius 2 is 1.86 bits per heavy atom. The Morgan fingerprint density at radius 3 is 2.48 bits per heavy atom. The molecule has 1 aromatic carbocycles. The number of methoxy groups -OCH3 is 2. The Morgan fingerprint density at radius 1 is 1.14 bits per heavy atom. The van der Waals surface area contributed by atoms with Gasteiger partial charge in [0.25, 0.3) is 0 Å². The summed E-state index contributed by atoms with van der Waals surface area (Å²) in [6, 6.07) is 9.85. The molecular weight excluding hydrogens is 273 g/mol. The summed E-state index contributed by atoms with van der Waals surface area (Å²) >= 11 is 0. The van der Waals surface area contributed by atoms with E-state index in [1.54, 1.807) is 25.3 Å². The number of rotatable bonds is 6. The Labute approximate surface area is 123 Å². The van der Waals surface area contributed by atoms with Crippen LogP contribution in [-0.4, -0.2) is 31.4 Å². The van der Waals surface area contributed by atoms with Gasteiger partial charge in [0.05, 0.1) is 13.7 Å². The minimum absolute atomic E-state index is 0.279. The number of hydrogen-bond donors (Lipinski definition) is 0. The van der Waals surface area contributed by atoms with Gasteiger partial charge in [-0.15, -0.1) is 0 Å². The predicted octanol–water partition coefficient (Wildman–Crippen LogP) is 2.65. The molecule has 0 radical (unpaired) electrons. The van der Waals surface area contributed by atoms with Crippen molar-refractivity contribution < 1.29 is 18.7 Å². The van der Waals surface area contributed by atoms with Crippen LogP contribution in [0.15, 0.2) is 36.4 Å². The van der Waals surface area contributed by atoms with Gasteiger partial charge in [-0.05, 0) is 29.8 Å². The van der Waals surface area contributed by atoms with Gasteiger partial charge in [-0.1, -0.05) is 12.1 Å². The van der Waals surface area contributed by atoms with Crippen LogP contribution in [0.3, 0.4) is 0 Å². The van der Waals surface area contributed by atoms with Crippen LogP contribution in [0.4, 0.5) is 4.39 Å². The summed E-state index contributed by atoms with van der Waals surface area (Å²) in [5.41, 5.74) is 2.37. The van der Waals surface area contributed by atoms with Crippen molar-refractivity contribution in [2.75, 3.05) is 20.8 Å². The van der Waals surface area contributed by atoms with Crippen LogP contribution in [-0.2, 0) is 22.4 Å². The van der Waals surface area contributed by atoms with Crippen LogP contribution in [0.5, 0.6) is 0 Å². The van der Waals surface area contributed by atoms with Crippen molar-refractivity contribution in [3.63, 3.8) is 0 Å². The van der Waals surface area contributed by atoms with E-state index in [0.717, 1.165) is 11.3 Å². The van der Waals surface area contributed by atoms with E-state index >= 15 is 0 Å². The first-order chi connectivity index (χ1) is 10.2. The normalized spacial score (nSPS) is 10.6. The van der Waals surface area contributed by atoms with E-state index < -0.39 is 0 Å². The standard InChI is InChI=1S/C16H18FNO3/c1-20-10-9-14-7-8-15(16(19)21-2)18(14)11-12-3-5-13(17)6-4-12/h3-8H,9-11H2,1-2H3. The molecule has 1 aromatic heterocycles. The number of hydrogen-bond acceptors (Lipinski definition) is 3. The molecule has 0 spiro atoms. The van der Waals surface area contributed by atoms with Gasteiger partial charge in [0, 0.05) is 25.8 Å². The topological polar surface area (TPSA) is 40.5 Å². The minimum atomic E-state index is -0.388. The lowest BCUT2D eigenvalue weighted by Crippen LogP contribution is -2.14. The van der Waals surface area contributed by atoms with Gasteiger partial charge in [0.2, 0.25) is 0 Å². The highest BCUT2D eigenvalue weighted by molar-refractivity contribution is 5.87. The van der Waals surface area contributed by atoms with E-state index in [4.69, 9.17) is 9.47 Å². The maximum absolute atomic E-state index is 13.0. The van der Waals surface area contributed by atoms with Crippen molar-refractivity contribution >= 4 is 5.97 Å². The molecule has 112 valence electrons. The lowest BCUT2D eigenvalue weighted by atomic mass is 10.2. The SMILES string of the molecule is COCCc1ccc(C(=O)OC)n1Cc1ccc(F)cc1. The van der Waals surface area contributed by atoms with Gasteiger partial charge in [-0.3, -0.25) is 0 Å². The molecule has 1 heterocycles. The van der Waals surface area contributed by atoms with Crippen molar-refractivity contribution in [2.45, 2.75) is 13.0 Å². The molecule has 21 heavy (non-hydrogen) atoms. The number of nitrogens with zero attached hydrogens (tertiary/aromatic N) is 1. The quantitative estimate of drug-likeness (QED) is 0.768. The molecule has 2 rings (SSSR count). The summed E-state index contributed by atoms with van der Waals surface area (Å²) in [4.78, 5) is 11.8. The highest BCUT2D eigenvalue weighted by Gasteiger charge is 2.15. The molecule has 5 heteroatoms. The van der Waals surface area contributed by atoms with Crippen LogP contribution in [0, 0.1) is 5.82 Å². The van der Waals surface area contributed by atoms with Crippen molar-refractivity contribution in [2.24, 2.45) is 0 Å². The van der Waals surface area contributed by atoms with E-state index in [9.17, 15) is 9.18 Å². The van der Waals surface area contributed by atoms with Gasteiger partial charge in [-0.25, -0.2) is 9.18 Å². The molecule has 0 amide bonds. The first-order valence-corrected chi connectivity index (χ1v) is 6.66. The van der Waals surface area contributed by atoms with E-state index in [2.05, 4.69) is 0 Å². The lowest BCUT2D eigenvalue weighted by molar-refractivity contribution is 0.0588. The van der Waals surface area contributed by atoms with Gasteiger partial charge in [0.1, 0.15) is 11.5 Å². The number of aromatic nitrogens is 1. The van der Waals surface area contributed by atoms with Crippen LogP contribution in [0.2, 0.25) is 0 Å². The summed E-state index contributed by atoms with van der Waals surface area (Å²) in [6.07, 6.45) is 0.689. The highest BCUT2D eigenvalue weighted by atomic mass is 19.1. The summed E-state index contributed by atoms with van der Waals surface area (Å²) in [6.45, 7) is 1.05. The Hall–Kier alpha value is -2.14. The first-order valence-electron chi connectivity index (χ1n) is 6.66. The average Bonchev–Trinajstić information content (AvgIpc) is 2.89. The van der Waals surface area contributed by atoms with Crippen molar-refractivity contribution in [3.05, 3.63) is 59.2 Å². The molecule has 0 saturated heterocycles. The fraction of sp³-hybridized carbons (Fsp3) is 0.312. The van der Waals surface area contributed by atoms with Crippen molar-refractivity contribution in [1.29, 1.82) is 0 Å². The number of halogens is 1. The molecule has 0 saturated carbocycles. The first kappa shape index (κ1) is 15.3. The minimum Gasteiger partial charge on any atom is -0.464 e. The molecule has 0 unspecified atom stereocenters. The predicted molar refractivity (Wildman–Crippen MR) is 76.9 cm³/mol. The molecule has 2 aromatic rings. The molecule has 0 bridgehead atoms. The highest BCUT2D eigenvalue weighted by Crippen LogP contribution is 2.15. The maximum atomic E-state index is 13.0. The summed E-state index contributed by atoms with van der Waals surface area (Å²) in [7, 11) is 2.99. The largest absolute Gasteiger partial charge is 0.464 e. The van der Waals surface area contributed by atoms with Gasteiger partial charge in [0.15, 0.2) is 0 Å². The van der Waals surface area contributed by atoms with E-state index in [0.29, 0.717) is 25.3 Å². The Kier molecular flexibility index (Phi) is 5.11. The molecule has 0 aliphatic carbocycles. The van der Waals surface area contributed by atoms with Gasteiger partial charge >= 0.3 is 5.97 Å². The molecule has 4 nitrogen and oxygen atoms in total. The molecule has 0 N–H and O–H groups in total. The molecule has 0 atom stereocenters. The number of carbonyl (C=O) groups excluding carboxylic acids is 1. The summed E-state index contributed by atoms with van der Waals surface area (Å²) in [5.74, 6) is -0.667. The van der Waals surface area contributed by atoms with E-state index in [1.165, 1.54) is 19.2 Å². The zero-order valence-corrected chi connectivity index (χ0v) is 12.1. The summed E-state index contributed by atoms with van der Waals surface area (Å²) in [5, 5.41) is 0. The smallest absolute Gasteiger partial charge is 0.354 e. The van der Waals surface area contributed by atoms with E-state index in [1.807, 2.05) is 10.6 Å². The second-order valence-corrected chi connectivity index (χ2v) is 4.66. The third-order valence-corrected chi connectivity index (χ3v) is 3.28. The summed E-state index contributed by atoms with van der Waals surface area (Å²) < 4.78 is 24.7. The van der Waals surface area contributed by atoms with Gasteiger partial charge < -0.3 is 14.0 Å². The van der Waals surface area contributed by atoms with Gasteiger partial charge in [-0.2, -0.15) is 0 Å². The molecule has 0 aliphatic rings. The maximum Gasteiger partial charge on any atom is 0.354 e. The van der Waals surface area contributed by atoms with Crippen molar-refractivity contribution in [3.8, 4) is 0 Å². The monoisotopic (exact) mass is 291 g/mol. The fourth-order valence-corrected chi connectivity index (χ4v) is 2.18. The van der Waals surface area contributed by atoms with Crippen LogP contribution < -0.4 is 0 Å². The molecular formula is C16H18FNO3. The average molecular weight is 291 g/mol. The van der Waals surface area contributed by atoms with Crippen LogP contribution in [0.25, 0.3) is 0 Å². The fourth-order valence-electron chi connectivity index (χ4n) is 2.18. The Bertz CT molecular complexity index is 604. The third kappa shape index (κ3) is 3.70. The third-order valence-electron chi connectivity index (χ3n) is 3.28. The lowest BCUT2D eigenvalue weighted by Gasteiger charge is -2.12. The van der Waals surface area contributed by atoms with Crippen molar-refractivity contribution in [1.82, 2.24) is 4.57 Å². The number of carbonyl (C=O) groups is 1. The van der Waals surface area contributed by atoms with E-state index in [-0.39, 0.29) is 11.8 Å². The molecule has 0 aliphatic heterocycles. The second kappa shape index (κ2) is 7.04. The zero-order valence-electron chi connectivity index (χ0n) is 12.1. The van der Waals surface area contributed by atoms with Crippen LogP contribution >= 0.6 is 0 Å². The molecule has 0 fully saturated rings. The zero-order chi connectivity index (χ0) is 15.2. The second-order valence-electron chi connectivity index (χ2n) is 4.66. The number of esters is 1. The number of benzene rings is 1. The van der Waals surface area contributed by atoms with Crippen LogP contribution in [0.1, 0.15) is 21.7 Å². The Balaban J connectivity index is 2.30. The number of ether oxygens (including phenoxy) is 2.